The molecule has 1 aliphatic rings. The molecule has 1 aromatic rings. The highest BCUT2D eigenvalue weighted by Gasteiger charge is 2.35. The zero-order chi connectivity index (χ0) is 16.3. The molecule has 0 aromatic heterocycles. The van der Waals surface area contributed by atoms with Gasteiger partial charge in [0, 0.05) is 29.4 Å². The summed E-state index contributed by atoms with van der Waals surface area (Å²) in [7, 11) is -3.12. The first-order valence-electron chi connectivity index (χ1n) is 7.20. The molecule has 0 bridgehead atoms. The van der Waals surface area contributed by atoms with Crippen LogP contribution in [0.2, 0.25) is 5.02 Å². The first kappa shape index (κ1) is 17.0. The van der Waals surface area contributed by atoms with Gasteiger partial charge in [0.1, 0.15) is 9.84 Å². The fourth-order valence-corrected chi connectivity index (χ4v) is 3.73. The lowest BCUT2D eigenvalue weighted by Crippen LogP contribution is -2.43. The predicted molar refractivity (Wildman–Crippen MR) is 89.5 cm³/mol. The molecule has 1 fully saturated rings. The fourth-order valence-electron chi connectivity index (χ4n) is 2.49. The van der Waals surface area contributed by atoms with Crippen LogP contribution < -0.4 is 0 Å². The van der Waals surface area contributed by atoms with Crippen LogP contribution in [-0.4, -0.2) is 43.3 Å². The standard InChI is InChI=1S/C16H20ClNO3S/c1-12(11-22(2,20)21)18(15-7-8-15)16(19)9-6-13-4-3-5-14(17)10-13/h3-6,9-10,12,15H,7-8,11H2,1-2H3/b9-6-/t12-/m0/s1. The van der Waals surface area contributed by atoms with Gasteiger partial charge in [-0.2, -0.15) is 0 Å². The molecule has 1 aliphatic carbocycles. The maximum absolute atomic E-state index is 12.4. The fraction of sp³-hybridized carbons (Fsp3) is 0.438. The van der Waals surface area contributed by atoms with E-state index in [1.165, 1.54) is 12.3 Å². The highest BCUT2D eigenvalue weighted by molar-refractivity contribution is 7.90. The Morgan fingerprint density at radius 2 is 2.14 bits per heavy atom. The van der Waals surface area contributed by atoms with Crippen LogP contribution >= 0.6 is 11.6 Å². The number of benzene rings is 1. The quantitative estimate of drug-likeness (QED) is 0.748. The smallest absolute Gasteiger partial charge is 0.247 e. The molecule has 0 spiro atoms. The summed E-state index contributed by atoms with van der Waals surface area (Å²) < 4.78 is 22.9. The predicted octanol–water partition coefficient (Wildman–Crippen LogP) is 2.78. The summed E-state index contributed by atoms with van der Waals surface area (Å²) >= 11 is 5.91. The molecule has 2 rings (SSSR count). The van der Waals surface area contributed by atoms with Crippen molar-refractivity contribution < 1.29 is 13.2 Å². The van der Waals surface area contributed by atoms with Crippen molar-refractivity contribution in [2.24, 2.45) is 0 Å². The Labute approximate surface area is 136 Å². The molecule has 6 heteroatoms. The van der Waals surface area contributed by atoms with E-state index in [1.807, 2.05) is 12.1 Å². The van der Waals surface area contributed by atoms with Crippen LogP contribution in [0.4, 0.5) is 0 Å². The Morgan fingerprint density at radius 1 is 1.45 bits per heavy atom. The van der Waals surface area contributed by atoms with E-state index < -0.39 is 9.84 Å². The van der Waals surface area contributed by atoms with Crippen molar-refractivity contribution in [2.75, 3.05) is 12.0 Å². The SMILES string of the molecule is C[C@@H](CS(C)(=O)=O)N(C(=O)/C=C\c1cccc(Cl)c1)C1CC1. The first-order valence-corrected chi connectivity index (χ1v) is 9.64. The van der Waals surface area contributed by atoms with Crippen molar-refractivity contribution >= 4 is 33.4 Å². The molecule has 1 saturated carbocycles. The Hall–Kier alpha value is -1.33. The number of hydrogen-bond acceptors (Lipinski definition) is 3. The van der Waals surface area contributed by atoms with Crippen LogP contribution in [0, 0.1) is 0 Å². The highest BCUT2D eigenvalue weighted by Crippen LogP contribution is 2.29. The average molecular weight is 342 g/mol. The summed E-state index contributed by atoms with van der Waals surface area (Å²) in [6.45, 7) is 1.78. The van der Waals surface area contributed by atoms with Crippen LogP contribution in [0.3, 0.4) is 0 Å². The lowest BCUT2D eigenvalue weighted by atomic mass is 10.2. The van der Waals surface area contributed by atoms with Gasteiger partial charge in [-0.05, 0) is 43.5 Å². The molecular formula is C16H20ClNO3S. The van der Waals surface area contributed by atoms with Gasteiger partial charge in [0.2, 0.25) is 5.91 Å². The van der Waals surface area contributed by atoms with Gasteiger partial charge in [-0.1, -0.05) is 23.7 Å². The van der Waals surface area contributed by atoms with Crippen LogP contribution in [0.25, 0.3) is 6.08 Å². The summed E-state index contributed by atoms with van der Waals surface area (Å²) in [5, 5.41) is 0.610. The third-order valence-electron chi connectivity index (χ3n) is 3.48. The summed E-state index contributed by atoms with van der Waals surface area (Å²) in [5.41, 5.74) is 0.840. The van der Waals surface area contributed by atoms with Gasteiger partial charge in [-0.15, -0.1) is 0 Å². The van der Waals surface area contributed by atoms with Gasteiger partial charge in [0.25, 0.3) is 0 Å². The maximum Gasteiger partial charge on any atom is 0.247 e. The summed E-state index contributed by atoms with van der Waals surface area (Å²) in [5.74, 6) is -0.168. The summed E-state index contributed by atoms with van der Waals surface area (Å²) in [6.07, 6.45) is 6.26. The number of rotatable bonds is 6. The molecule has 1 aromatic carbocycles. The minimum atomic E-state index is -3.12. The lowest BCUT2D eigenvalue weighted by Gasteiger charge is -2.27. The van der Waals surface area contributed by atoms with E-state index in [9.17, 15) is 13.2 Å². The molecule has 0 N–H and O–H groups in total. The second-order valence-electron chi connectivity index (χ2n) is 5.81. The van der Waals surface area contributed by atoms with Crippen LogP contribution in [0.15, 0.2) is 30.3 Å². The van der Waals surface area contributed by atoms with Crippen molar-refractivity contribution in [3.05, 3.63) is 40.9 Å². The number of amides is 1. The first-order chi connectivity index (χ1) is 10.3. The largest absolute Gasteiger partial charge is 0.332 e. The van der Waals surface area contributed by atoms with Gasteiger partial charge >= 0.3 is 0 Å². The molecule has 1 atom stereocenters. The number of sulfone groups is 1. The van der Waals surface area contributed by atoms with E-state index >= 15 is 0 Å². The molecule has 0 unspecified atom stereocenters. The Kier molecular flexibility index (Phi) is 5.29. The van der Waals surface area contributed by atoms with E-state index in [2.05, 4.69) is 0 Å². The molecule has 0 saturated heterocycles. The van der Waals surface area contributed by atoms with Crippen molar-refractivity contribution in [1.29, 1.82) is 0 Å². The number of carbonyl (C=O) groups is 1. The van der Waals surface area contributed by atoms with Crippen LogP contribution in [0.5, 0.6) is 0 Å². The van der Waals surface area contributed by atoms with Crippen molar-refractivity contribution in [3.63, 3.8) is 0 Å². The zero-order valence-electron chi connectivity index (χ0n) is 12.7. The number of carbonyl (C=O) groups excluding carboxylic acids is 1. The molecule has 1 amide bonds. The minimum absolute atomic E-state index is 0.0136. The number of hydrogen-bond donors (Lipinski definition) is 0. The van der Waals surface area contributed by atoms with Crippen molar-refractivity contribution in [2.45, 2.75) is 31.8 Å². The lowest BCUT2D eigenvalue weighted by molar-refractivity contribution is -0.128. The van der Waals surface area contributed by atoms with Gasteiger partial charge in [0.15, 0.2) is 0 Å². The zero-order valence-corrected chi connectivity index (χ0v) is 14.3. The molecule has 0 radical (unpaired) electrons. The van der Waals surface area contributed by atoms with Gasteiger partial charge in [-0.3, -0.25) is 4.79 Å². The third kappa shape index (κ3) is 5.14. The molecule has 0 heterocycles. The summed E-state index contributed by atoms with van der Waals surface area (Å²) in [4.78, 5) is 14.1. The van der Waals surface area contributed by atoms with Crippen molar-refractivity contribution in [3.8, 4) is 0 Å². The van der Waals surface area contributed by atoms with E-state index in [4.69, 9.17) is 11.6 Å². The highest BCUT2D eigenvalue weighted by atomic mass is 35.5. The number of nitrogens with zero attached hydrogens (tertiary/aromatic N) is 1. The Balaban J connectivity index is 2.10. The third-order valence-corrected chi connectivity index (χ3v) is 4.80. The number of halogens is 1. The van der Waals surface area contributed by atoms with Gasteiger partial charge < -0.3 is 4.90 Å². The van der Waals surface area contributed by atoms with E-state index in [1.54, 1.807) is 30.0 Å². The maximum atomic E-state index is 12.4. The Morgan fingerprint density at radius 3 is 2.68 bits per heavy atom. The normalized spacial score (nSPS) is 16.7. The average Bonchev–Trinajstić information content (AvgIpc) is 3.19. The molecule has 120 valence electrons. The van der Waals surface area contributed by atoms with Crippen LogP contribution in [0.1, 0.15) is 25.3 Å². The second-order valence-corrected chi connectivity index (χ2v) is 8.43. The topological polar surface area (TPSA) is 54.5 Å². The molecule has 22 heavy (non-hydrogen) atoms. The summed E-state index contributed by atoms with van der Waals surface area (Å²) in [6, 6.07) is 7.05. The molecular weight excluding hydrogens is 322 g/mol. The van der Waals surface area contributed by atoms with Crippen LogP contribution in [-0.2, 0) is 14.6 Å². The van der Waals surface area contributed by atoms with E-state index in [0.717, 1.165) is 18.4 Å². The van der Waals surface area contributed by atoms with Crippen molar-refractivity contribution in [1.82, 2.24) is 4.90 Å². The van der Waals surface area contributed by atoms with Gasteiger partial charge in [-0.25, -0.2) is 8.42 Å². The molecule has 4 nitrogen and oxygen atoms in total. The second kappa shape index (κ2) is 6.84. The molecule has 0 aliphatic heterocycles. The van der Waals surface area contributed by atoms with Gasteiger partial charge in [0.05, 0.1) is 5.75 Å². The van der Waals surface area contributed by atoms with E-state index in [0.29, 0.717) is 5.02 Å². The Bertz CT molecular complexity index is 680. The minimum Gasteiger partial charge on any atom is -0.332 e. The monoisotopic (exact) mass is 341 g/mol. The van der Waals surface area contributed by atoms with E-state index in [-0.39, 0.29) is 23.7 Å².